The molecule has 2 rings (SSSR count). The maximum atomic E-state index is 6.32. The van der Waals surface area contributed by atoms with Gasteiger partial charge in [0.15, 0.2) is 0 Å². The summed E-state index contributed by atoms with van der Waals surface area (Å²) < 4.78 is 5.34. The molecule has 1 aromatic carbocycles. The van der Waals surface area contributed by atoms with E-state index in [-0.39, 0.29) is 6.04 Å². The zero-order valence-corrected chi connectivity index (χ0v) is 10.2. The fourth-order valence-electron chi connectivity index (χ4n) is 2.63. The van der Waals surface area contributed by atoms with Crippen LogP contribution < -0.4 is 10.5 Å². The number of methoxy groups -OCH3 is 1. The van der Waals surface area contributed by atoms with Gasteiger partial charge < -0.3 is 10.5 Å². The minimum absolute atomic E-state index is 0.178. The van der Waals surface area contributed by atoms with Gasteiger partial charge in [0.2, 0.25) is 0 Å². The average Bonchev–Trinajstić information content (AvgIpc) is 2.82. The Balaban J connectivity index is 2.19. The van der Waals surface area contributed by atoms with Gasteiger partial charge in [0, 0.05) is 6.04 Å². The third-order valence-corrected chi connectivity index (χ3v) is 3.72. The van der Waals surface area contributed by atoms with E-state index in [9.17, 15) is 0 Å². The summed E-state index contributed by atoms with van der Waals surface area (Å²) >= 11 is 0. The zero-order chi connectivity index (χ0) is 11.5. The summed E-state index contributed by atoms with van der Waals surface area (Å²) in [5.41, 5.74) is 8.71. The van der Waals surface area contributed by atoms with E-state index in [2.05, 4.69) is 25.1 Å². The van der Waals surface area contributed by atoms with E-state index in [1.54, 1.807) is 7.11 Å². The van der Waals surface area contributed by atoms with E-state index in [4.69, 9.17) is 10.5 Å². The van der Waals surface area contributed by atoms with Crippen molar-refractivity contribution in [2.45, 2.75) is 38.6 Å². The highest BCUT2D eigenvalue weighted by molar-refractivity contribution is 5.38. The SMILES string of the molecule is COc1cc(C(N)C2CCCC2)ccc1C. The lowest BCUT2D eigenvalue weighted by molar-refractivity contribution is 0.406. The number of hydrogen-bond donors (Lipinski definition) is 1. The van der Waals surface area contributed by atoms with E-state index in [1.807, 2.05) is 0 Å². The Labute approximate surface area is 97.8 Å². The van der Waals surface area contributed by atoms with Gasteiger partial charge in [0.05, 0.1) is 7.11 Å². The topological polar surface area (TPSA) is 35.2 Å². The van der Waals surface area contributed by atoms with Crippen molar-refractivity contribution in [1.29, 1.82) is 0 Å². The minimum atomic E-state index is 0.178. The number of benzene rings is 1. The highest BCUT2D eigenvalue weighted by atomic mass is 16.5. The van der Waals surface area contributed by atoms with Crippen LogP contribution in [-0.4, -0.2) is 7.11 Å². The van der Waals surface area contributed by atoms with Gasteiger partial charge >= 0.3 is 0 Å². The van der Waals surface area contributed by atoms with E-state index in [1.165, 1.54) is 36.8 Å². The van der Waals surface area contributed by atoms with Crippen LogP contribution in [0.2, 0.25) is 0 Å². The van der Waals surface area contributed by atoms with Gasteiger partial charge in [-0.3, -0.25) is 0 Å². The third kappa shape index (κ3) is 2.22. The van der Waals surface area contributed by atoms with E-state index >= 15 is 0 Å². The predicted molar refractivity (Wildman–Crippen MR) is 66.6 cm³/mol. The second kappa shape index (κ2) is 4.88. The van der Waals surface area contributed by atoms with Crippen molar-refractivity contribution < 1.29 is 4.74 Å². The molecule has 88 valence electrons. The first-order valence-corrected chi connectivity index (χ1v) is 6.12. The van der Waals surface area contributed by atoms with Crippen molar-refractivity contribution in [2.24, 2.45) is 11.7 Å². The Morgan fingerprint density at radius 3 is 2.62 bits per heavy atom. The van der Waals surface area contributed by atoms with E-state index in [0.29, 0.717) is 5.92 Å². The van der Waals surface area contributed by atoms with Gasteiger partial charge in [-0.05, 0) is 42.9 Å². The highest BCUT2D eigenvalue weighted by Gasteiger charge is 2.23. The molecule has 1 aliphatic carbocycles. The van der Waals surface area contributed by atoms with Gasteiger partial charge in [-0.25, -0.2) is 0 Å². The van der Waals surface area contributed by atoms with Crippen molar-refractivity contribution in [3.05, 3.63) is 29.3 Å². The Bertz CT molecular complexity index is 356. The van der Waals surface area contributed by atoms with Crippen LogP contribution in [-0.2, 0) is 0 Å². The summed E-state index contributed by atoms with van der Waals surface area (Å²) in [7, 11) is 1.72. The van der Waals surface area contributed by atoms with Crippen molar-refractivity contribution in [2.75, 3.05) is 7.11 Å². The van der Waals surface area contributed by atoms with Crippen LogP contribution in [0.3, 0.4) is 0 Å². The molecular weight excluding hydrogens is 198 g/mol. The van der Waals surface area contributed by atoms with Crippen molar-refractivity contribution in [3.63, 3.8) is 0 Å². The van der Waals surface area contributed by atoms with Crippen LogP contribution in [0, 0.1) is 12.8 Å². The van der Waals surface area contributed by atoms with Gasteiger partial charge in [0.1, 0.15) is 5.75 Å². The third-order valence-electron chi connectivity index (χ3n) is 3.72. The Morgan fingerprint density at radius 2 is 2.00 bits per heavy atom. The number of ether oxygens (including phenoxy) is 1. The highest BCUT2D eigenvalue weighted by Crippen LogP contribution is 2.35. The number of hydrogen-bond acceptors (Lipinski definition) is 2. The monoisotopic (exact) mass is 219 g/mol. The standard InChI is InChI=1S/C14H21NO/c1-10-7-8-12(9-13(10)16-2)14(15)11-5-3-4-6-11/h7-9,11,14H,3-6,15H2,1-2H3. The molecule has 0 spiro atoms. The van der Waals surface area contributed by atoms with Crippen molar-refractivity contribution in [3.8, 4) is 5.75 Å². The molecule has 1 unspecified atom stereocenters. The summed E-state index contributed by atoms with van der Waals surface area (Å²) in [6.07, 6.45) is 5.22. The molecule has 2 nitrogen and oxygen atoms in total. The lowest BCUT2D eigenvalue weighted by Gasteiger charge is -2.20. The van der Waals surface area contributed by atoms with Gasteiger partial charge in [-0.1, -0.05) is 25.0 Å². The molecule has 0 aromatic heterocycles. The van der Waals surface area contributed by atoms with Crippen LogP contribution in [0.25, 0.3) is 0 Å². The quantitative estimate of drug-likeness (QED) is 0.847. The van der Waals surface area contributed by atoms with E-state index < -0.39 is 0 Å². The molecule has 0 radical (unpaired) electrons. The molecular formula is C14H21NO. The molecule has 1 aliphatic rings. The second-order valence-corrected chi connectivity index (χ2v) is 4.80. The molecule has 1 saturated carbocycles. The van der Waals surface area contributed by atoms with Crippen molar-refractivity contribution in [1.82, 2.24) is 0 Å². The lowest BCUT2D eigenvalue weighted by Crippen LogP contribution is -2.19. The fraction of sp³-hybridized carbons (Fsp3) is 0.571. The smallest absolute Gasteiger partial charge is 0.122 e. The summed E-state index contributed by atoms with van der Waals surface area (Å²) in [6, 6.07) is 6.51. The van der Waals surface area contributed by atoms with Crippen LogP contribution >= 0.6 is 0 Å². The first-order valence-electron chi connectivity index (χ1n) is 6.12. The number of aryl methyl sites for hydroxylation is 1. The van der Waals surface area contributed by atoms with Crippen LogP contribution in [0.15, 0.2) is 18.2 Å². The van der Waals surface area contributed by atoms with Gasteiger partial charge in [-0.2, -0.15) is 0 Å². The molecule has 16 heavy (non-hydrogen) atoms. The second-order valence-electron chi connectivity index (χ2n) is 4.80. The first-order chi connectivity index (χ1) is 7.72. The summed E-state index contributed by atoms with van der Waals surface area (Å²) in [5.74, 6) is 1.61. The molecule has 0 aliphatic heterocycles. The molecule has 0 heterocycles. The molecule has 0 saturated heterocycles. The van der Waals surface area contributed by atoms with Crippen LogP contribution in [0.1, 0.15) is 42.9 Å². The predicted octanol–water partition coefficient (Wildman–Crippen LogP) is 3.19. The maximum absolute atomic E-state index is 6.32. The molecule has 2 N–H and O–H groups in total. The molecule has 1 fully saturated rings. The lowest BCUT2D eigenvalue weighted by atomic mass is 9.92. The average molecular weight is 219 g/mol. The Hall–Kier alpha value is -1.02. The molecule has 0 amide bonds. The zero-order valence-electron chi connectivity index (χ0n) is 10.2. The van der Waals surface area contributed by atoms with Gasteiger partial charge in [0.25, 0.3) is 0 Å². The van der Waals surface area contributed by atoms with E-state index in [0.717, 1.165) is 5.75 Å². The minimum Gasteiger partial charge on any atom is -0.496 e. The Kier molecular flexibility index (Phi) is 3.49. The summed E-state index contributed by atoms with van der Waals surface area (Å²) in [6.45, 7) is 2.06. The number of nitrogens with two attached hydrogens (primary N) is 1. The summed E-state index contributed by atoms with van der Waals surface area (Å²) in [4.78, 5) is 0. The first kappa shape index (κ1) is 11.5. The maximum Gasteiger partial charge on any atom is 0.122 e. The largest absolute Gasteiger partial charge is 0.496 e. The van der Waals surface area contributed by atoms with Crippen molar-refractivity contribution >= 4 is 0 Å². The Morgan fingerprint density at radius 1 is 1.31 bits per heavy atom. The molecule has 2 heteroatoms. The fourth-order valence-corrected chi connectivity index (χ4v) is 2.63. The van der Waals surface area contributed by atoms with Gasteiger partial charge in [-0.15, -0.1) is 0 Å². The molecule has 1 aromatic rings. The van der Waals surface area contributed by atoms with Crippen LogP contribution in [0.4, 0.5) is 0 Å². The van der Waals surface area contributed by atoms with Crippen LogP contribution in [0.5, 0.6) is 5.75 Å². The molecule has 1 atom stereocenters. The summed E-state index contributed by atoms with van der Waals surface area (Å²) in [5, 5.41) is 0. The number of rotatable bonds is 3. The molecule has 0 bridgehead atoms. The normalized spacial score (nSPS) is 18.7.